The number of nitrogens with zero attached hydrogens (tertiary/aromatic N) is 1. The van der Waals surface area contributed by atoms with E-state index in [1.165, 1.54) is 12.1 Å². The summed E-state index contributed by atoms with van der Waals surface area (Å²) in [6.45, 7) is 1.81. The first-order valence-corrected chi connectivity index (χ1v) is 5.51. The van der Waals surface area contributed by atoms with E-state index in [2.05, 4.69) is 5.32 Å². The summed E-state index contributed by atoms with van der Waals surface area (Å²) in [5.74, 6) is 0.366. The van der Waals surface area contributed by atoms with E-state index in [0.29, 0.717) is 5.75 Å². The van der Waals surface area contributed by atoms with Gasteiger partial charge >= 0.3 is 0 Å². The first-order chi connectivity index (χ1) is 7.66. The van der Waals surface area contributed by atoms with Crippen LogP contribution in [0.15, 0.2) is 18.2 Å². The van der Waals surface area contributed by atoms with Gasteiger partial charge in [0.15, 0.2) is 0 Å². The molecule has 1 N–H and O–H groups in total. The average Bonchev–Trinajstić information content (AvgIpc) is 2.70. The Labute approximate surface area is 95.2 Å². The van der Waals surface area contributed by atoms with Gasteiger partial charge in [-0.3, -0.25) is 0 Å². The maximum Gasteiger partial charge on any atom is 0.145 e. The number of halogens is 1. The van der Waals surface area contributed by atoms with Crippen LogP contribution in [0, 0.1) is 5.82 Å². The molecule has 16 heavy (non-hydrogen) atoms. The highest BCUT2D eigenvalue weighted by Crippen LogP contribution is 2.29. The van der Waals surface area contributed by atoms with Crippen LogP contribution in [0.1, 0.15) is 6.42 Å². The second-order valence-corrected chi connectivity index (χ2v) is 4.24. The van der Waals surface area contributed by atoms with Gasteiger partial charge in [-0.1, -0.05) is 0 Å². The maximum atomic E-state index is 13.2. The van der Waals surface area contributed by atoms with Crippen molar-refractivity contribution >= 4 is 5.69 Å². The summed E-state index contributed by atoms with van der Waals surface area (Å²) in [5, 5.41) is 3.22. The molecule has 1 atom stereocenters. The van der Waals surface area contributed by atoms with E-state index < -0.39 is 0 Å². The van der Waals surface area contributed by atoms with Gasteiger partial charge in [-0.2, -0.15) is 0 Å². The number of hydrogen-bond donors (Lipinski definition) is 1. The monoisotopic (exact) mass is 224 g/mol. The van der Waals surface area contributed by atoms with Crippen LogP contribution in [0.25, 0.3) is 0 Å². The lowest BCUT2D eigenvalue weighted by atomic mass is 10.2. The highest BCUT2D eigenvalue weighted by Gasteiger charge is 2.18. The third-order valence-electron chi connectivity index (χ3n) is 2.71. The minimum absolute atomic E-state index is 0.153. The van der Waals surface area contributed by atoms with E-state index in [4.69, 9.17) is 4.74 Å². The molecular weight excluding hydrogens is 207 g/mol. The van der Waals surface area contributed by atoms with Crippen molar-refractivity contribution in [3.63, 3.8) is 0 Å². The van der Waals surface area contributed by atoms with Crippen LogP contribution in [-0.2, 0) is 0 Å². The molecule has 3 nitrogen and oxygen atoms in total. The van der Waals surface area contributed by atoms with Gasteiger partial charge in [-0.25, -0.2) is 4.39 Å². The molecule has 1 heterocycles. The minimum atomic E-state index is -0.258. The second kappa shape index (κ2) is 4.70. The standard InChI is InChI=1S/C12H17FN2O/c1-15(2)11-4-3-9(13)7-12(11)16-10-5-6-14-8-10/h3-4,7,10,14H,5-6,8H2,1-2H3. The van der Waals surface area contributed by atoms with Crippen molar-refractivity contribution in [2.45, 2.75) is 12.5 Å². The Morgan fingerprint density at radius 3 is 2.88 bits per heavy atom. The summed E-state index contributed by atoms with van der Waals surface area (Å²) < 4.78 is 19.0. The van der Waals surface area contributed by atoms with Gasteiger partial charge in [0.1, 0.15) is 17.7 Å². The molecule has 4 heteroatoms. The Morgan fingerprint density at radius 2 is 2.25 bits per heavy atom. The molecule has 0 bridgehead atoms. The van der Waals surface area contributed by atoms with Crippen LogP contribution in [0.2, 0.25) is 0 Å². The Bertz CT molecular complexity index is 362. The van der Waals surface area contributed by atoms with Crippen molar-refractivity contribution < 1.29 is 9.13 Å². The molecule has 1 saturated heterocycles. The first kappa shape index (κ1) is 11.2. The lowest BCUT2D eigenvalue weighted by molar-refractivity contribution is 0.223. The van der Waals surface area contributed by atoms with Gasteiger partial charge in [-0.05, 0) is 25.1 Å². The van der Waals surface area contributed by atoms with Crippen LogP contribution in [-0.4, -0.2) is 33.3 Å². The number of ether oxygens (including phenoxy) is 1. The number of rotatable bonds is 3. The van der Waals surface area contributed by atoms with E-state index >= 15 is 0 Å². The van der Waals surface area contributed by atoms with E-state index in [-0.39, 0.29) is 11.9 Å². The molecule has 0 aromatic heterocycles. The summed E-state index contributed by atoms with van der Waals surface area (Å²) in [6, 6.07) is 4.65. The highest BCUT2D eigenvalue weighted by molar-refractivity contribution is 5.57. The Balaban J connectivity index is 2.19. The van der Waals surface area contributed by atoms with Crippen molar-refractivity contribution in [2.24, 2.45) is 0 Å². The molecule has 1 aromatic carbocycles. The topological polar surface area (TPSA) is 24.5 Å². The Kier molecular flexibility index (Phi) is 3.29. The smallest absolute Gasteiger partial charge is 0.145 e. The molecule has 1 aromatic rings. The van der Waals surface area contributed by atoms with Gasteiger partial charge in [-0.15, -0.1) is 0 Å². The third-order valence-corrected chi connectivity index (χ3v) is 2.71. The number of nitrogens with one attached hydrogen (secondary N) is 1. The van der Waals surface area contributed by atoms with Crippen LogP contribution in [0.4, 0.5) is 10.1 Å². The molecule has 2 rings (SSSR count). The van der Waals surface area contributed by atoms with Crippen molar-refractivity contribution in [2.75, 3.05) is 32.1 Å². The third kappa shape index (κ3) is 2.44. The molecule has 0 aliphatic carbocycles. The van der Waals surface area contributed by atoms with Crippen LogP contribution in [0.5, 0.6) is 5.75 Å². The highest BCUT2D eigenvalue weighted by atomic mass is 19.1. The van der Waals surface area contributed by atoms with Gasteiger partial charge < -0.3 is 15.0 Å². The second-order valence-electron chi connectivity index (χ2n) is 4.24. The van der Waals surface area contributed by atoms with Crippen molar-refractivity contribution in [1.82, 2.24) is 5.32 Å². The van der Waals surface area contributed by atoms with Crippen molar-refractivity contribution in [3.8, 4) is 5.75 Å². The Morgan fingerprint density at radius 1 is 1.44 bits per heavy atom. The molecule has 1 fully saturated rings. The molecule has 0 saturated carbocycles. The molecule has 0 radical (unpaired) electrons. The van der Waals surface area contributed by atoms with Crippen LogP contribution in [0.3, 0.4) is 0 Å². The minimum Gasteiger partial charge on any atom is -0.487 e. The zero-order valence-electron chi connectivity index (χ0n) is 9.66. The lowest BCUT2D eigenvalue weighted by Gasteiger charge is -2.20. The largest absolute Gasteiger partial charge is 0.487 e. The van der Waals surface area contributed by atoms with Crippen LogP contribution < -0.4 is 15.0 Å². The fraction of sp³-hybridized carbons (Fsp3) is 0.500. The number of hydrogen-bond acceptors (Lipinski definition) is 3. The number of benzene rings is 1. The fourth-order valence-corrected chi connectivity index (χ4v) is 1.86. The van der Waals surface area contributed by atoms with Gasteiger partial charge in [0.05, 0.1) is 5.69 Å². The number of anilines is 1. The molecule has 1 aliphatic rings. The van der Waals surface area contributed by atoms with E-state index in [1.807, 2.05) is 19.0 Å². The molecular formula is C12H17FN2O. The Hall–Kier alpha value is -1.29. The quantitative estimate of drug-likeness (QED) is 0.844. The van der Waals surface area contributed by atoms with Gasteiger partial charge in [0.2, 0.25) is 0 Å². The first-order valence-electron chi connectivity index (χ1n) is 5.51. The van der Waals surface area contributed by atoms with Crippen LogP contribution >= 0.6 is 0 Å². The van der Waals surface area contributed by atoms with E-state index in [9.17, 15) is 4.39 Å². The van der Waals surface area contributed by atoms with E-state index in [1.54, 1.807) is 6.07 Å². The predicted molar refractivity (Wildman–Crippen MR) is 62.6 cm³/mol. The molecule has 0 amide bonds. The molecule has 1 aliphatic heterocycles. The van der Waals surface area contributed by atoms with Gasteiger partial charge in [0, 0.05) is 26.7 Å². The fourth-order valence-electron chi connectivity index (χ4n) is 1.86. The summed E-state index contributed by atoms with van der Waals surface area (Å²) in [4.78, 5) is 1.93. The lowest BCUT2D eigenvalue weighted by Crippen LogP contribution is -2.21. The van der Waals surface area contributed by atoms with Crippen molar-refractivity contribution in [1.29, 1.82) is 0 Å². The van der Waals surface area contributed by atoms with E-state index in [0.717, 1.165) is 25.2 Å². The van der Waals surface area contributed by atoms with Crippen molar-refractivity contribution in [3.05, 3.63) is 24.0 Å². The molecule has 0 spiro atoms. The predicted octanol–water partition coefficient (Wildman–Crippen LogP) is 1.63. The average molecular weight is 224 g/mol. The summed E-state index contributed by atoms with van der Waals surface area (Å²) in [5.41, 5.74) is 0.910. The summed E-state index contributed by atoms with van der Waals surface area (Å²) in [6.07, 6.45) is 1.13. The maximum absolute atomic E-state index is 13.2. The van der Waals surface area contributed by atoms with Gasteiger partial charge in [0.25, 0.3) is 0 Å². The summed E-state index contributed by atoms with van der Waals surface area (Å²) >= 11 is 0. The normalized spacial score (nSPS) is 19.8. The summed E-state index contributed by atoms with van der Waals surface area (Å²) in [7, 11) is 3.85. The zero-order chi connectivity index (χ0) is 11.5. The molecule has 1 unspecified atom stereocenters. The zero-order valence-corrected chi connectivity index (χ0v) is 9.66. The molecule has 88 valence electrons. The SMILES string of the molecule is CN(C)c1ccc(F)cc1OC1CCNC1.